The third-order valence-electron chi connectivity index (χ3n) is 2.27. The average Bonchev–Trinajstić information content (AvgIpc) is 2.28. The maximum atomic E-state index is 11.9. The Bertz CT molecular complexity index is 448. The van der Waals surface area contributed by atoms with Crippen molar-refractivity contribution in [2.45, 2.75) is 18.9 Å². The molecule has 5 N–H and O–H groups in total. The van der Waals surface area contributed by atoms with Gasteiger partial charge in [0.05, 0.1) is 9.61 Å². The van der Waals surface area contributed by atoms with Crippen LogP contribution in [0.25, 0.3) is 0 Å². The zero-order valence-corrected chi connectivity index (χ0v) is 11.2. The summed E-state index contributed by atoms with van der Waals surface area (Å²) in [5.41, 5.74) is 11.1. The third-order valence-corrected chi connectivity index (χ3v) is 3.13. The lowest BCUT2D eigenvalue weighted by atomic mass is 10.0. The summed E-state index contributed by atoms with van der Waals surface area (Å²) in [5.74, 6) is -0.620. The molecule has 5 nitrogen and oxygen atoms in total. The van der Waals surface area contributed by atoms with Crippen LogP contribution >= 0.6 is 22.6 Å². The van der Waals surface area contributed by atoms with Gasteiger partial charge < -0.3 is 16.6 Å². The largest absolute Gasteiger partial charge is 0.507 e. The third kappa shape index (κ3) is 3.97. The van der Waals surface area contributed by atoms with Crippen molar-refractivity contribution in [1.82, 2.24) is 0 Å². The molecule has 0 saturated carbocycles. The monoisotopic (exact) mass is 348 g/mol. The minimum absolute atomic E-state index is 0.0854. The fourth-order valence-electron chi connectivity index (χ4n) is 1.30. The van der Waals surface area contributed by atoms with Crippen LogP contribution in [-0.2, 0) is 4.79 Å². The van der Waals surface area contributed by atoms with Gasteiger partial charge in [-0.15, -0.1) is 0 Å². The van der Waals surface area contributed by atoms with Crippen molar-refractivity contribution in [1.29, 1.82) is 0 Å². The predicted octanol–water partition coefficient (Wildman–Crippen LogP) is 0.772. The Hall–Kier alpha value is -1.15. The van der Waals surface area contributed by atoms with Gasteiger partial charge in [-0.05, 0) is 47.2 Å². The van der Waals surface area contributed by atoms with Crippen molar-refractivity contribution < 1.29 is 14.7 Å². The number of hydrogen-bond acceptors (Lipinski definition) is 4. The second-order valence-corrected chi connectivity index (χ2v) is 4.80. The second-order valence-electron chi connectivity index (χ2n) is 3.64. The minimum atomic E-state index is -0.747. The molecule has 0 aliphatic carbocycles. The molecule has 1 amide bonds. The molecule has 0 radical (unpaired) electrons. The van der Waals surface area contributed by atoms with Crippen LogP contribution in [0.3, 0.4) is 0 Å². The van der Waals surface area contributed by atoms with Crippen LogP contribution in [0.5, 0.6) is 5.75 Å². The van der Waals surface area contributed by atoms with Crippen LogP contribution in [0, 0.1) is 3.57 Å². The number of carbonyl (C=O) groups excluding carboxylic acids is 2. The van der Waals surface area contributed by atoms with E-state index in [1.807, 2.05) is 22.6 Å². The Morgan fingerprint density at radius 1 is 1.41 bits per heavy atom. The van der Waals surface area contributed by atoms with Crippen molar-refractivity contribution in [3.8, 4) is 5.75 Å². The van der Waals surface area contributed by atoms with Crippen molar-refractivity contribution in [2.24, 2.45) is 11.5 Å². The fourth-order valence-corrected chi connectivity index (χ4v) is 1.82. The van der Waals surface area contributed by atoms with E-state index >= 15 is 0 Å². The van der Waals surface area contributed by atoms with Gasteiger partial charge in [0.1, 0.15) is 5.75 Å². The van der Waals surface area contributed by atoms with Crippen molar-refractivity contribution in [2.75, 3.05) is 0 Å². The predicted molar refractivity (Wildman–Crippen MR) is 71.6 cm³/mol. The molecule has 0 aromatic heterocycles. The summed E-state index contributed by atoms with van der Waals surface area (Å²) >= 11 is 1.92. The maximum absolute atomic E-state index is 11.9. The molecule has 1 aromatic rings. The summed E-state index contributed by atoms with van der Waals surface area (Å²) in [6, 6.07) is 3.75. The summed E-state index contributed by atoms with van der Waals surface area (Å²) in [6.07, 6.45) is 0.313. The van der Waals surface area contributed by atoms with E-state index in [0.29, 0.717) is 9.13 Å². The van der Waals surface area contributed by atoms with E-state index in [1.54, 1.807) is 6.07 Å². The Labute approximate surface area is 112 Å². The number of carbonyl (C=O) groups is 2. The molecule has 0 aliphatic heterocycles. The standard InChI is InChI=1S/C11H13IN2O3/c12-7-5-6(1-3-9(7)15)11(17)8(13)2-4-10(14)16/h1,3,5,8,15H,2,4,13H2,(H2,14,16)/t8-/m0/s1. The van der Waals surface area contributed by atoms with Gasteiger partial charge in [-0.1, -0.05) is 0 Å². The first-order valence-corrected chi connectivity index (χ1v) is 6.06. The van der Waals surface area contributed by atoms with Crippen LogP contribution in [0.15, 0.2) is 18.2 Å². The fraction of sp³-hybridized carbons (Fsp3) is 0.273. The van der Waals surface area contributed by atoms with Gasteiger partial charge in [-0.2, -0.15) is 0 Å². The summed E-state index contributed by atoms with van der Waals surface area (Å²) in [4.78, 5) is 22.4. The summed E-state index contributed by atoms with van der Waals surface area (Å²) in [5, 5.41) is 9.33. The van der Waals surface area contributed by atoms with Gasteiger partial charge in [0.2, 0.25) is 5.91 Å². The number of hydrogen-bond donors (Lipinski definition) is 3. The molecule has 1 aromatic carbocycles. The number of Topliss-reactive ketones (excluding diaryl/α,β-unsaturated/α-hetero) is 1. The molecule has 0 unspecified atom stereocenters. The van der Waals surface area contributed by atoms with Crippen LogP contribution < -0.4 is 11.5 Å². The van der Waals surface area contributed by atoms with E-state index in [9.17, 15) is 14.7 Å². The van der Waals surface area contributed by atoms with E-state index in [1.165, 1.54) is 12.1 Å². The first-order valence-electron chi connectivity index (χ1n) is 4.98. The van der Waals surface area contributed by atoms with Gasteiger partial charge in [0.15, 0.2) is 5.78 Å². The Morgan fingerprint density at radius 2 is 2.06 bits per heavy atom. The highest BCUT2D eigenvalue weighted by molar-refractivity contribution is 14.1. The number of halogens is 1. The van der Waals surface area contributed by atoms with E-state index in [4.69, 9.17) is 11.5 Å². The number of aromatic hydroxyl groups is 1. The number of phenolic OH excluding ortho intramolecular Hbond substituents is 1. The van der Waals surface area contributed by atoms with Crippen molar-refractivity contribution in [3.05, 3.63) is 27.3 Å². The normalized spacial score (nSPS) is 12.1. The van der Waals surface area contributed by atoms with Gasteiger partial charge in [-0.3, -0.25) is 9.59 Å². The van der Waals surface area contributed by atoms with Crippen LogP contribution in [0.4, 0.5) is 0 Å². The van der Waals surface area contributed by atoms with Crippen LogP contribution in [0.2, 0.25) is 0 Å². The lowest BCUT2D eigenvalue weighted by Gasteiger charge is -2.10. The average molecular weight is 348 g/mol. The van der Waals surface area contributed by atoms with E-state index in [2.05, 4.69) is 0 Å². The number of primary amides is 1. The molecule has 0 bridgehead atoms. The minimum Gasteiger partial charge on any atom is -0.507 e. The highest BCUT2D eigenvalue weighted by Crippen LogP contribution is 2.21. The lowest BCUT2D eigenvalue weighted by molar-refractivity contribution is -0.118. The second kappa shape index (κ2) is 5.97. The SMILES string of the molecule is NC(=O)CC[C@H](N)C(=O)c1ccc(O)c(I)c1. The summed E-state index contributed by atoms with van der Waals surface area (Å²) in [6.45, 7) is 0. The number of benzene rings is 1. The molecule has 0 saturated heterocycles. The molecule has 6 heteroatoms. The van der Waals surface area contributed by atoms with E-state index < -0.39 is 11.9 Å². The lowest BCUT2D eigenvalue weighted by Crippen LogP contribution is -2.32. The zero-order valence-electron chi connectivity index (χ0n) is 9.02. The van der Waals surface area contributed by atoms with Crippen molar-refractivity contribution in [3.63, 3.8) is 0 Å². The topological polar surface area (TPSA) is 106 Å². The van der Waals surface area contributed by atoms with Gasteiger partial charge in [0, 0.05) is 12.0 Å². The number of ketones is 1. The molecule has 1 atom stereocenters. The number of amides is 1. The quantitative estimate of drug-likeness (QED) is 0.540. The highest BCUT2D eigenvalue weighted by Gasteiger charge is 2.17. The maximum Gasteiger partial charge on any atom is 0.217 e. The Morgan fingerprint density at radius 3 is 2.59 bits per heavy atom. The Balaban J connectivity index is 2.74. The molecule has 92 valence electrons. The molecule has 0 aliphatic rings. The van der Waals surface area contributed by atoms with Gasteiger partial charge in [-0.25, -0.2) is 0 Å². The first-order chi connectivity index (χ1) is 7.91. The number of nitrogens with two attached hydrogens (primary N) is 2. The number of rotatable bonds is 5. The first kappa shape index (κ1) is 13.9. The van der Waals surface area contributed by atoms with Crippen LogP contribution in [-0.4, -0.2) is 22.8 Å². The van der Waals surface area contributed by atoms with Gasteiger partial charge >= 0.3 is 0 Å². The molecule has 17 heavy (non-hydrogen) atoms. The van der Waals surface area contributed by atoms with Crippen molar-refractivity contribution >= 4 is 34.3 Å². The smallest absolute Gasteiger partial charge is 0.217 e. The number of phenols is 1. The van der Waals surface area contributed by atoms with E-state index in [0.717, 1.165) is 0 Å². The molecular weight excluding hydrogens is 335 g/mol. The van der Waals surface area contributed by atoms with Crippen LogP contribution in [0.1, 0.15) is 23.2 Å². The summed E-state index contributed by atoms with van der Waals surface area (Å²) in [7, 11) is 0. The van der Waals surface area contributed by atoms with E-state index in [-0.39, 0.29) is 24.4 Å². The highest BCUT2D eigenvalue weighted by atomic mass is 127. The molecule has 0 heterocycles. The Kier molecular flexibility index (Phi) is 4.88. The molecule has 1 rings (SSSR count). The molecule has 0 spiro atoms. The zero-order chi connectivity index (χ0) is 13.0. The molecule has 0 fully saturated rings. The summed E-state index contributed by atoms with van der Waals surface area (Å²) < 4.78 is 0.579. The van der Waals surface area contributed by atoms with Gasteiger partial charge in [0.25, 0.3) is 0 Å². The molecular formula is C11H13IN2O3.